The van der Waals surface area contributed by atoms with Gasteiger partial charge in [-0.25, -0.2) is 0 Å². The molecule has 1 heterocycles. The van der Waals surface area contributed by atoms with Gasteiger partial charge in [-0.15, -0.1) is 0 Å². The lowest BCUT2D eigenvalue weighted by Crippen LogP contribution is -2.39. The van der Waals surface area contributed by atoms with Gasteiger partial charge in [-0.3, -0.25) is 4.99 Å². The minimum atomic E-state index is 0.621. The number of hydrogen-bond acceptors (Lipinski definition) is 2. The predicted octanol–water partition coefficient (Wildman–Crippen LogP) is 2.88. The quantitative estimate of drug-likeness (QED) is 0.653. The van der Waals surface area contributed by atoms with Crippen molar-refractivity contribution in [2.75, 3.05) is 33.4 Å². The number of hydrogen-bond donors (Lipinski definition) is 1. The number of aliphatic imine (C=N–C) groups is 1. The Hall–Kier alpha value is -1.07. The van der Waals surface area contributed by atoms with Crippen LogP contribution in [0.1, 0.15) is 18.9 Å². The molecule has 21 heavy (non-hydrogen) atoms. The largest absolute Gasteiger partial charge is 0.381 e. The molecule has 4 nitrogen and oxygen atoms in total. The fraction of sp³-hybridized carbons (Fsp3) is 0.562. The van der Waals surface area contributed by atoms with Crippen LogP contribution in [0.4, 0.5) is 0 Å². The van der Waals surface area contributed by atoms with Gasteiger partial charge in [0.25, 0.3) is 0 Å². The van der Waals surface area contributed by atoms with E-state index >= 15 is 0 Å². The minimum absolute atomic E-state index is 0.621. The van der Waals surface area contributed by atoms with Crippen molar-refractivity contribution in [2.45, 2.75) is 19.9 Å². The van der Waals surface area contributed by atoms with E-state index in [4.69, 9.17) is 4.74 Å². The maximum Gasteiger partial charge on any atom is 0.193 e. The summed E-state index contributed by atoms with van der Waals surface area (Å²) in [7, 11) is 1.85. The molecular formula is C16H24BrN3O. The molecule has 0 amide bonds. The van der Waals surface area contributed by atoms with Gasteiger partial charge in [-0.2, -0.15) is 0 Å². The molecule has 0 saturated carbocycles. The maximum atomic E-state index is 5.53. The number of rotatable bonds is 5. The topological polar surface area (TPSA) is 36.9 Å². The van der Waals surface area contributed by atoms with Crippen LogP contribution in [0.15, 0.2) is 33.7 Å². The van der Waals surface area contributed by atoms with Crippen LogP contribution in [0.25, 0.3) is 0 Å². The number of nitrogens with one attached hydrogen (secondary N) is 1. The zero-order chi connectivity index (χ0) is 15.1. The Morgan fingerprint density at radius 1 is 1.43 bits per heavy atom. The summed E-state index contributed by atoms with van der Waals surface area (Å²) < 4.78 is 6.63. The molecule has 1 unspecified atom stereocenters. The number of benzene rings is 1. The molecule has 0 aromatic heterocycles. The van der Waals surface area contributed by atoms with E-state index in [-0.39, 0.29) is 0 Å². The number of ether oxygens (including phenoxy) is 1. The fourth-order valence-electron chi connectivity index (χ4n) is 2.56. The normalized spacial score (nSPS) is 19.1. The molecule has 1 N–H and O–H groups in total. The molecule has 1 aliphatic heterocycles. The van der Waals surface area contributed by atoms with Crippen LogP contribution in [-0.2, 0) is 11.3 Å². The van der Waals surface area contributed by atoms with Gasteiger partial charge in [-0.05, 0) is 31.0 Å². The van der Waals surface area contributed by atoms with Gasteiger partial charge in [0.1, 0.15) is 0 Å². The highest BCUT2D eigenvalue weighted by atomic mass is 79.9. The summed E-state index contributed by atoms with van der Waals surface area (Å²) in [6.07, 6.45) is 1.18. The van der Waals surface area contributed by atoms with E-state index < -0.39 is 0 Å². The Morgan fingerprint density at radius 2 is 2.19 bits per heavy atom. The molecule has 5 heteroatoms. The van der Waals surface area contributed by atoms with Crippen molar-refractivity contribution in [3.05, 3.63) is 34.3 Å². The Kier molecular flexibility index (Phi) is 6.51. The fourth-order valence-corrected chi connectivity index (χ4v) is 2.83. The molecule has 0 bridgehead atoms. The molecule has 1 saturated heterocycles. The van der Waals surface area contributed by atoms with Crippen molar-refractivity contribution < 1.29 is 4.74 Å². The summed E-state index contributed by atoms with van der Waals surface area (Å²) in [5.41, 5.74) is 1.25. The first kappa shape index (κ1) is 16.3. The summed E-state index contributed by atoms with van der Waals surface area (Å²) in [4.78, 5) is 6.72. The highest BCUT2D eigenvalue weighted by Gasteiger charge is 2.24. The molecule has 1 aromatic rings. The van der Waals surface area contributed by atoms with E-state index in [1.54, 1.807) is 0 Å². The molecule has 1 atom stereocenters. The second kappa shape index (κ2) is 8.39. The lowest BCUT2D eigenvalue weighted by molar-refractivity contribution is 0.114. The van der Waals surface area contributed by atoms with E-state index in [9.17, 15) is 0 Å². The van der Waals surface area contributed by atoms with Crippen LogP contribution in [0, 0.1) is 5.92 Å². The first-order valence-electron chi connectivity index (χ1n) is 7.50. The van der Waals surface area contributed by atoms with Crippen LogP contribution in [0.3, 0.4) is 0 Å². The van der Waals surface area contributed by atoms with Crippen molar-refractivity contribution in [2.24, 2.45) is 10.9 Å². The summed E-state index contributed by atoms with van der Waals surface area (Å²) in [5.74, 6) is 1.60. The summed E-state index contributed by atoms with van der Waals surface area (Å²) in [5, 5.41) is 3.44. The zero-order valence-corrected chi connectivity index (χ0v) is 14.4. The highest BCUT2D eigenvalue weighted by molar-refractivity contribution is 9.10. The van der Waals surface area contributed by atoms with E-state index in [1.807, 2.05) is 14.0 Å². The smallest absolute Gasteiger partial charge is 0.193 e. The van der Waals surface area contributed by atoms with Crippen LogP contribution in [-0.4, -0.2) is 44.2 Å². The Balaban J connectivity index is 1.82. The van der Waals surface area contributed by atoms with Gasteiger partial charge in [0.05, 0.1) is 6.61 Å². The number of halogens is 1. The van der Waals surface area contributed by atoms with Crippen molar-refractivity contribution >= 4 is 21.9 Å². The summed E-state index contributed by atoms with van der Waals surface area (Å²) >= 11 is 3.46. The first-order valence-corrected chi connectivity index (χ1v) is 8.30. The third-order valence-corrected chi connectivity index (χ3v) is 4.25. The highest BCUT2D eigenvalue weighted by Crippen LogP contribution is 2.17. The van der Waals surface area contributed by atoms with E-state index in [2.05, 4.69) is 55.4 Å². The third-order valence-electron chi connectivity index (χ3n) is 3.72. The molecule has 1 aliphatic rings. The standard InChI is InChI=1S/C16H24BrN3O/c1-3-21-12-14-8-9-20(11-14)16(18-2)19-10-13-4-6-15(17)7-5-13/h4-7,14H,3,8-12H2,1-2H3,(H,18,19). The number of nitrogens with zero attached hydrogens (tertiary/aromatic N) is 2. The lowest BCUT2D eigenvalue weighted by Gasteiger charge is -2.21. The average Bonchev–Trinajstić information content (AvgIpc) is 2.96. The van der Waals surface area contributed by atoms with Crippen LogP contribution >= 0.6 is 15.9 Å². The average molecular weight is 354 g/mol. The van der Waals surface area contributed by atoms with Gasteiger partial charge < -0.3 is 15.0 Å². The molecule has 116 valence electrons. The molecular weight excluding hydrogens is 330 g/mol. The van der Waals surface area contributed by atoms with E-state index in [0.717, 1.165) is 43.3 Å². The van der Waals surface area contributed by atoms with Crippen LogP contribution in [0.5, 0.6) is 0 Å². The van der Waals surface area contributed by atoms with Gasteiger partial charge in [0, 0.05) is 43.7 Å². The second-order valence-electron chi connectivity index (χ2n) is 5.29. The van der Waals surface area contributed by atoms with Crippen molar-refractivity contribution in [3.8, 4) is 0 Å². The Morgan fingerprint density at radius 3 is 2.86 bits per heavy atom. The predicted molar refractivity (Wildman–Crippen MR) is 90.5 cm³/mol. The Labute approximate surface area is 135 Å². The van der Waals surface area contributed by atoms with Gasteiger partial charge in [0.15, 0.2) is 5.96 Å². The van der Waals surface area contributed by atoms with Gasteiger partial charge >= 0.3 is 0 Å². The molecule has 0 radical (unpaired) electrons. The van der Waals surface area contributed by atoms with Gasteiger partial charge in [0.2, 0.25) is 0 Å². The van der Waals surface area contributed by atoms with E-state index in [0.29, 0.717) is 5.92 Å². The van der Waals surface area contributed by atoms with Crippen molar-refractivity contribution in [1.82, 2.24) is 10.2 Å². The number of likely N-dealkylation sites (tertiary alicyclic amines) is 1. The van der Waals surface area contributed by atoms with Crippen LogP contribution in [0.2, 0.25) is 0 Å². The molecule has 1 aromatic carbocycles. The molecule has 2 rings (SSSR count). The van der Waals surface area contributed by atoms with Crippen molar-refractivity contribution in [1.29, 1.82) is 0 Å². The van der Waals surface area contributed by atoms with Crippen LogP contribution < -0.4 is 5.32 Å². The first-order chi connectivity index (χ1) is 10.2. The zero-order valence-electron chi connectivity index (χ0n) is 12.8. The molecule has 0 spiro atoms. The second-order valence-corrected chi connectivity index (χ2v) is 6.20. The van der Waals surface area contributed by atoms with Gasteiger partial charge in [-0.1, -0.05) is 28.1 Å². The molecule has 1 fully saturated rings. The third kappa shape index (κ3) is 5.00. The minimum Gasteiger partial charge on any atom is -0.381 e. The monoisotopic (exact) mass is 353 g/mol. The lowest BCUT2D eigenvalue weighted by atomic mass is 10.1. The summed E-state index contributed by atoms with van der Waals surface area (Å²) in [6, 6.07) is 8.36. The maximum absolute atomic E-state index is 5.53. The van der Waals surface area contributed by atoms with E-state index in [1.165, 1.54) is 12.0 Å². The SMILES string of the molecule is CCOCC1CCN(C(=NC)NCc2ccc(Br)cc2)C1. The Bertz CT molecular complexity index is 461. The molecule has 0 aliphatic carbocycles. The van der Waals surface area contributed by atoms with Crippen molar-refractivity contribution in [3.63, 3.8) is 0 Å². The summed E-state index contributed by atoms with van der Waals surface area (Å²) in [6.45, 7) is 6.58. The number of guanidine groups is 1.